The largest absolute Gasteiger partial charge is 0.497 e. The molecule has 382 valence electrons. The Kier molecular flexibility index (Phi) is 20.0. The smallest absolute Gasteiger partial charge is 0.246 e. The van der Waals surface area contributed by atoms with Crippen molar-refractivity contribution in [3.63, 3.8) is 0 Å². The molecule has 0 saturated carbocycles. The van der Waals surface area contributed by atoms with Gasteiger partial charge < -0.3 is 64.1 Å². The van der Waals surface area contributed by atoms with Crippen LogP contribution in [-0.2, 0) is 59.2 Å². The van der Waals surface area contributed by atoms with Gasteiger partial charge in [0, 0.05) is 37.0 Å². The molecule has 2 fully saturated rings. The molecule has 11 amide bonds. The van der Waals surface area contributed by atoms with E-state index in [1.54, 1.807) is 45.0 Å². The number of likely N-dealkylation sites (tertiary alicyclic amines) is 1. The summed E-state index contributed by atoms with van der Waals surface area (Å²) >= 11 is 1.06. The topological polar surface area (TPSA) is 363 Å². The maximum atomic E-state index is 14.6. The number of benzene rings is 1. The standard InChI is InChI=1S/C45H69N11O12S/c1-6-25(4)38-44(66)51-28(15-16-34(46)57)40(62)52-31(21-35(47)58)41(63)54-32(23-69-18-8-10-37(60)50-30(42(64)55-38)20-26-11-13-27(68-5)14-12-26)45(67)56-17-7-9-33(56)43(65)53-29(19-24(2)3)39(61)49-22-36(48)59/h11-14,24-25,28-33,38H,6-10,15-23H2,1-5H3,(H2,46,57)(H2,47,58)(H2,48,59)(H,49,61)(H,50,60)(H,51,66)(H,52,62)(H,53,65)(H,54,63)(H,55,64)/t25?,28-,29?,30?,31?,32?,33?,38?/m1/s1/i15D2,16D2,28D. The Morgan fingerprint density at radius 1 is 0.870 bits per heavy atom. The van der Waals surface area contributed by atoms with Crippen molar-refractivity contribution >= 4 is 76.7 Å². The van der Waals surface area contributed by atoms with Gasteiger partial charge in [-0.05, 0) is 67.3 Å². The van der Waals surface area contributed by atoms with Crippen molar-refractivity contribution in [3.8, 4) is 5.75 Å². The summed E-state index contributed by atoms with van der Waals surface area (Å²) in [5, 5.41) is 16.4. The molecule has 2 saturated heterocycles. The molecule has 0 radical (unpaired) electrons. The van der Waals surface area contributed by atoms with Gasteiger partial charge in [-0.2, -0.15) is 11.8 Å². The van der Waals surface area contributed by atoms with Crippen molar-refractivity contribution < 1.29 is 64.3 Å². The zero-order chi connectivity index (χ0) is 55.9. The number of nitrogens with one attached hydrogen (secondary N) is 7. The monoisotopic (exact) mass is 993 g/mol. The van der Waals surface area contributed by atoms with Crippen LogP contribution in [0.15, 0.2) is 24.3 Å². The van der Waals surface area contributed by atoms with Crippen LogP contribution in [0.25, 0.3) is 0 Å². The van der Waals surface area contributed by atoms with Crippen molar-refractivity contribution in [2.24, 2.45) is 29.0 Å². The molecule has 0 spiro atoms. The Morgan fingerprint density at radius 2 is 1.55 bits per heavy atom. The summed E-state index contributed by atoms with van der Waals surface area (Å²) in [5.41, 5.74) is 16.4. The lowest BCUT2D eigenvalue weighted by atomic mass is 9.96. The molecule has 24 heteroatoms. The molecule has 1 aromatic rings. The fraction of sp³-hybridized carbons (Fsp3) is 0.622. The van der Waals surface area contributed by atoms with E-state index in [-0.39, 0.29) is 68.9 Å². The van der Waals surface area contributed by atoms with Crippen LogP contribution < -0.4 is 59.2 Å². The summed E-state index contributed by atoms with van der Waals surface area (Å²) in [6.07, 6.45) is -8.69. The van der Waals surface area contributed by atoms with E-state index in [0.717, 1.165) is 16.7 Å². The summed E-state index contributed by atoms with van der Waals surface area (Å²) in [4.78, 5) is 150. The summed E-state index contributed by atoms with van der Waals surface area (Å²) in [6, 6.07) is -6.76. The van der Waals surface area contributed by atoms with Crippen molar-refractivity contribution in [1.82, 2.24) is 42.1 Å². The Balaban J connectivity index is 2.17. The number of amides is 11. The van der Waals surface area contributed by atoms with Gasteiger partial charge in [-0.1, -0.05) is 46.2 Å². The number of thioether (sulfide) groups is 1. The highest BCUT2D eigenvalue weighted by atomic mass is 32.2. The van der Waals surface area contributed by atoms with E-state index >= 15 is 0 Å². The predicted octanol–water partition coefficient (Wildman–Crippen LogP) is -2.50. The van der Waals surface area contributed by atoms with Crippen LogP contribution in [0.4, 0.5) is 0 Å². The van der Waals surface area contributed by atoms with Gasteiger partial charge in [-0.3, -0.25) is 52.7 Å². The number of carbonyl (C=O) groups is 11. The number of hydrogen-bond donors (Lipinski definition) is 10. The summed E-state index contributed by atoms with van der Waals surface area (Å²) < 4.78 is 48.6. The third-order valence-electron chi connectivity index (χ3n) is 11.1. The van der Waals surface area contributed by atoms with Crippen LogP contribution in [0, 0.1) is 11.8 Å². The Morgan fingerprint density at radius 3 is 2.16 bits per heavy atom. The quantitative estimate of drug-likeness (QED) is 0.0728. The zero-order valence-electron chi connectivity index (χ0n) is 44.4. The lowest BCUT2D eigenvalue weighted by Gasteiger charge is -2.31. The number of carbonyl (C=O) groups excluding carboxylic acids is 11. The van der Waals surface area contributed by atoms with Gasteiger partial charge in [0.05, 0.1) is 21.4 Å². The van der Waals surface area contributed by atoms with Crippen molar-refractivity contribution in [2.75, 3.05) is 31.7 Å². The van der Waals surface area contributed by atoms with E-state index in [1.807, 2.05) is 10.6 Å². The molecule has 2 heterocycles. The lowest BCUT2D eigenvalue weighted by molar-refractivity contribution is -0.142. The van der Waals surface area contributed by atoms with E-state index in [9.17, 15) is 54.1 Å². The average molecular weight is 993 g/mol. The maximum Gasteiger partial charge on any atom is 0.246 e. The summed E-state index contributed by atoms with van der Waals surface area (Å²) in [5.74, 6) is -13.5. The number of ether oxygens (including phenoxy) is 1. The van der Waals surface area contributed by atoms with Gasteiger partial charge in [0.1, 0.15) is 48.0 Å². The number of nitrogens with two attached hydrogens (primary N) is 3. The predicted molar refractivity (Wildman–Crippen MR) is 253 cm³/mol. The molecule has 0 aliphatic carbocycles. The molecule has 0 bridgehead atoms. The van der Waals surface area contributed by atoms with Crippen LogP contribution in [0.2, 0.25) is 0 Å². The first kappa shape index (κ1) is 49.0. The molecular formula is C45H69N11O12S. The summed E-state index contributed by atoms with van der Waals surface area (Å²) in [6.45, 7) is 6.11. The molecule has 1 aromatic carbocycles. The van der Waals surface area contributed by atoms with Crippen LogP contribution in [0.5, 0.6) is 5.75 Å². The second kappa shape index (κ2) is 28.1. The molecule has 13 N–H and O–H groups in total. The molecule has 7 unspecified atom stereocenters. The molecule has 2 aliphatic rings. The highest BCUT2D eigenvalue weighted by Crippen LogP contribution is 2.22. The van der Waals surface area contributed by atoms with Crippen LogP contribution in [0.1, 0.15) is 97.8 Å². The van der Waals surface area contributed by atoms with Crippen LogP contribution in [0.3, 0.4) is 0 Å². The third kappa shape index (κ3) is 18.9. The molecule has 3 rings (SSSR count). The molecular weight excluding hydrogens is 919 g/mol. The first-order valence-corrected chi connectivity index (χ1v) is 23.6. The number of hydrogen-bond acceptors (Lipinski definition) is 13. The van der Waals surface area contributed by atoms with Gasteiger partial charge >= 0.3 is 0 Å². The van der Waals surface area contributed by atoms with E-state index < -0.39 is 139 Å². The van der Waals surface area contributed by atoms with Gasteiger partial charge in [0.15, 0.2) is 0 Å². The minimum absolute atomic E-state index is 0.0286. The van der Waals surface area contributed by atoms with E-state index in [1.165, 1.54) is 14.0 Å². The SMILES string of the molecule is [2H]C([2H])(C(N)=O)C([2H])([2H])[C@@]1([2H])NC(=O)C(C(C)CC)NC(=O)C(Cc2ccc(OC)cc2)NC(=O)CCCSCC(C(=O)N2CCCC2C(=O)NC(CC(C)C)C(=O)NCC(N)=O)NC(=O)C(CC(N)=O)NC1=O. The lowest BCUT2D eigenvalue weighted by Crippen LogP contribution is -2.61. The van der Waals surface area contributed by atoms with Gasteiger partial charge in [-0.15, -0.1) is 0 Å². The summed E-state index contributed by atoms with van der Waals surface area (Å²) in [7, 11) is 1.45. The van der Waals surface area contributed by atoms with Gasteiger partial charge in [-0.25, -0.2) is 0 Å². The second-order valence-electron chi connectivity index (χ2n) is 17.0. The number of methoxy groups -OCH3 is 1. The number of rotatable bonds is 18. The van der Waals surface area contributed by atoms with Crippen LogP contribution >= 0.6 is 11.8 Å². The first-order chi connectivity index (χ1) is 34.5. The average Bonchev–Trinajstić information content (AvgIpc) is 3.83. The van der Waals surface area contributed by atoms with E-state index in [2.05, 4.69) is 26.6 Å². The van der Waals surface area contributed by atoms with Crippen molar-refractivity contribution in [1.29, 1.82) is 0 Å². The second-order valence-corrected chi connectivity index (χ2v) is 18.2. The Labute approximate surface area is 412 Å². The maximum absolute atomic E-state index is 14.6. The zero-order valence-corrected chi connectivity index (χ0v) is 40.2. The Hall–Kier alpha value is -6.46. The Bertz CT molecular complexity index is 2270. The normalized spacial score (nSPS) is 25.7. The van der Waals surface area contributed by atoms with E-state index in [0.29, 0.717) is 11.3 Å². The molecule has 69 heavy (non-hydrogen) atoms. The highest BCUT2D eigenvalue weighted by molar-refractivity contribution is 7.99. The molecule has 0 aromatic heterocycles. The first-order valence-electron chi connectivity index (χ1n) is 25.0. The van der Waals surface area contributed by atoms with Gasteiger partial charge in [0.2, 0.25) is 65.0 Å². The number of nitrogens with zero attached hydrogens (tertiary/aromatic N) is 1. The van der Waals surface area contributed by atoms with Crippen molar-refractivity contribution in [2.45, 2.75) is 134 Å². The fourth-order valence-corrected chi connectivity index (χ4v) is 8.27. The minimum Gasteiger partial charge on any atom is -0.497 e. The van der Waals surface area contributed by atoms with Crippen LogP contribution in [-0.4, -0.2) is 144 Å². The van der Waals surface area contributed by atoms with Gasteiger partial charge in [0.25, 0.3) is 0 Å². The highest BCUT2D eigenvalue weighted by Gasteiger charge is 2.40. The van der Waals surface area contributed by atoms with E-state index in [4.69, 9.17) is 27.4 Å². The third-order valence-corrected chi connectivity index (χ3v) is 12.2. The fourth-order valence-electron chi connectivity index (χ4n) is 7.29. The molecule has 8 atom stereocenters. The number of primary amides is 3. The van der Waals surface area contributed by atoms with Crippen molar-refractivity contribution in [3.05, 3.63) is 29.8 Å². The minimum atomic E-state index is -4.12. The molecule has 23 nitrogen and oxygen atoms in total. The molecule has 2 aliphatic heterocycles.